The molecule has 336 valence electrons. The molecular weight excluding hydrogens is 860 g/mol. The molecular formula is C43H62Cl2N8O6S2. The summed E-state index contributed by atoms with van der Waals surface area (Å²) >= 11 is 3.32. The minimum absolute atomic E-state index is 0. The van der Waals surface area contributed by atoms with Crippen molar-refractivity contribution in [1.29, 1.82) is 0 Å². The third kappa shape index (κ3) is 11.2. The van der Waals surface area contributed by atoms with Crippen molar-refractivity contribution in [2.75, 3.05) is 36.2 Å². The molecule has 0 saturated carbocycles. The highest BCUT2D eigenvalue weighted by atomic mass is 35.5. The van der Waals surface area contributed by atoms with Crippen LogP contribution in [0.3, 0.4) is 0 Å². The van der Waals surface area contributed by atoms with Crippen LogP contribution in [0.5, 0.6) is 0 Å². The van der Waals surface area contributed by atoms with Crippen LogP contribution in [0, 0.1) is 10.8 Å². The zero-order valence-electron chi connectivity index (χ0n) is 36.2. The van der Waals surface area contributed by atoms with Crippen molar-refractivity contribution in [2.45, 2.75) is 121 Å². The zero-order valence-corrected chi connectivity index (χ0v) is 39.4. The summed E-state index contributed by atoms with van der Waals surface area (Å²) in [6.45, 7) is 11.5. The van der Waals surface area contributed by atoms with Gasteiger partial charge in [-0.3, -0.25) is 28.8 Å². The summed E-state index contributed by atoms with van der Waals surface area (Å²) in [7, 11) is 3.39. The lowest BCUT2D eigenvalue weighted by Crippen LogP contribution is -2.57. The maximum atomic E-state index is 13.9. The molecule has 0 aromatic heterocycles. The predicted octanol–water partition coefficient (Wildman–Crippen LogP) is 4.36. The molecule has 8 atom stereocenters. The van der Waals surface area contributed by atoms with Crippen LogP contribution < -0.4 is 31.9 Å². The molecule has 4 fully saturated rings. The predicted molar refractivity (Wildman–Crippen MR) is 248 cm³/mol. The van der Waals surface area contributed by atoms with Crippen molar-refractivity contribution in [3.8, 4) is 0 Å². The van der Waals surface area contributed by atoms with E-state index in [0.717, 1.165) is 11.1 Å². The van der Waals surface area contributed by atoms with Crippen LogP contribution in [0.2, 0.25) is 0 Å². The molecule has 61 heavy (non-hydrogen) atoms. The molecule has 2 aromatic rings. The SMILES string of the molecule is CN[C@@H](C)C(=O)N[C@H]1CCS[C@H]2CC(C)(C)[C@@H](C(=O)Nc3ccc(Cc4ccc(NC(=O)[C@H]5N6C(=O)[C@@H](NC(=O)[C@H](C)NC)CCS[C@H]6CC5(C)C)cc4)cc3)N2C1=O.Cl.Cl. The third-order valence-electron chi connectivity index (χ3n) is 12.2. The van der Waals surface area contributed by atoms with E-state index in [9.17, 15) is 28.8 Å². The van der Waals surface area contributed by atoms with Gasteiger partial charge in [-0.1, -0.05) is 52.0 Å². The highest BCUT2D eigenvalue weighted by Crippen LogP contribution is 2.48. The van der Waals surface area contributed by atoms with Crippen LogP contribution in [0.15, 0.2) is 48.5 Å². The molecule has 0 spiro atoms. The van der Waals surface area contributed by atoms with Gasteiger partial charge in [0.2, 0.25) is 35.4 Å². The van der Waals surface area contributed by atoms with E-state index in [4.69, 9.17) is 0 Å². The van der Waals surface area contributed by atoms with Crippen molar-refractivity contribution >= 4 is 95.2 Å². The number of carbonyl (C=O) groups is 6. The van der Waals surface area contributed by atoms with Crippen LogP contribution in [0.25, 0.3) is 0 Å². The number of nitrogens with one attached hydrogen (secondary N) is 6. The number of anilines is 2. The van der Waals surface area contributed by atoms with Crippen molar-refractivity contribution < 1.29 is 28.8 Å². The standard InChI is InChI=1S/C43H60N8O6S2.2ClH/c1-24(44-7)36(52)48-30-17-19-58-32-22-42(3,4)34(50(32)40(30)56)38(54)46-28-13-9-26(10-14-28)21-27-11-15-29(16-12-27)47-39(55)35-43(5,6)23-33-51(35)41(57)31(18-20-59-33)49-37(53)25(2)45-8;;/h9-16,24-25,30-35,44-45H,17-23H2,1-8H3,(H,46,54)(H,47,55)(H,48,52)(H,49,53);2*1H/t24-,25-,30-,31-,32-,33-,34+,35+;;/m0../s1. The number of nitrogens with zero attached hydrogens (tertiary/aromatic N) is 2. The molecule has 2 aromatic carbocycles. The molecule has 0 bridgehead atoms. The molecule has 0 radical (unpaired) electrons. The lowest BCUT2D eigenvalue weighted by Gasteiger charge is -2.34. The minimum atomic E-state index is -0.702. The number of halogens is 2. The Morgan fingerprint density at radius 3 is 1.31 bits per heavy atom. The van der Waals surface area contributed by atoms with Crippen molar-refractivity contribution in [3.63, 3.8) is 0 Å². The van der Waals surface area contributed by atoms with E-state index in [2.05, 4.69) is 31.9 Å². The average Bonchev–Trinajstić information content (AvgIpc) is 3.51. The van der Waals surface area contributed by atoms with Crippen LogP contribution in [-0.4, -0.2) is 118 Å². The first kappa shape index (κ1) is 50.1. The number of rotatable bonds is 12. The van der Waals surface area contributed by atoms with Gasteiger partial charge in [0.15, 0.2) is 0 Å². The first-order chi connectivity index (χ1) is 27.9. The first-order valence-corrected chi connectivity index (χ1v) is 22.7. The van der Waals surface area contributed by atoms with Crippen LogP contribution in [0.4, 0.5) is 11.4 Å². The topological polar surface area (TPSA) is 181 Å². The fourth-order valence-electron chi connectivity index (χ4n) is 8.63. The molecule has 0 unspecified atom stereocenters. The van der Waals surface area contributed by atoms with Gasteiger partial charge in [-0.05, 0) is 118 Å². The number of fused-ring (bicyclic) bond motifs is 2. The van der Waals surface area contributed by atoms with Crippen molar-refractivity contribution in [1.82, 2.24) is 31.1 Å². The molecule has 6 rings (SSSR count). The summed E-state index contributed by atoms with van der Waals surface area (Å²) in [5.74, 6) is -0.0422. The Hall–Kier alpha value is -3.54. The number of hydrogen-bond donors (Lipinski definition) is 6. The molecule has 4 aliphatic heterocycles. The van der Waals surface area contributed by atoms with Gasteiger partial charge in [0.25, 0.3) is 0 Å². The van der Waals surface area contributed by atoms with E-state index in [0.29, 0.717) is 55.0 Å². The smallest absolute Gasteiger partial charge is 0.247 e. The van der Waals surface area contributed by atoms with E-state index in [1.165, 1.54) is 0 Å². The summed E-state index contributed by atoms with van der Waals surface area (Å²) < 4.78 is 0. The Balaban J connectivity index is 0.00000410. The average molecular weight is 922 g/mol. The summed E-state index contributed by atoms with van der Waals surface area (Å²) in [5.41, 5.74) is 2.35. The Kier molecular flexibility index (Phi) is 17.1. The van der Waals surface area contributed by atoms with Gasteiger partial charge in [-0.25, -0.2) is 0 Å². The summed E-state index contributed by atoms with van der Waals surface area (Å²) in [4.78, 5) is 84.4. The van der Waals surface area contributed by atoms with Gasteiger partial charge in [0.1, 0.15) is 24.2 Å². The Morgan fingerprint density at radius 2 is 0.984 bits per heavy atom. The van der Waals surface area contributed by atoms with Crippen molar-refractivity contribution in [3.05, 3.63) is 59.7 Å². The fraction of sp³-hybridized carbons (Fsp3) is 0.581. The highest BCUT2D eigenvalue weighted by molar-refractivity contribution is 8.00. The quantitative estimate of drug-likeness (QED) is 0.179. The second kappa shape index (κ2) is 20.8. The number of hydrogen-bond acceptors (Lipinski definition) is 10. The summed E-state index contributed by atoms with van der Waals surface area (Å²) in [5, 5.41) is 17.4. The molecule has 4 saturated heterocycles. The fourth-order valence-corrected chi connectivity index (χ4v) is 11.8. The molecule has 6 N–H and O–H groups in total. The van der Waals surface area contributed by atoms with Gasteiger partial charge in [0, 0.05) is 11.4 Å². The zero-order chi connectivity index (χ0) is 42.8. The van der Waals surface area contributed by atoms with Gasteiger partial charge in [-0.15, -0.1) is 48.3 Å². The molecule has 0 aliphatic carbocycles. The largest absolute Gasteiger partial charge is 0.343 e. The molecule has 4 aliphatic rings. The number of benzene rings is 2. The number of thioether (sulfide) groups is 2. The molecule has 18 heteroatoms. The van der Waals surface area contributed by atoms with E-state index in [-0.39, 0.29) is 71.0 Å². The maximum absolute atomic E-state index is 13.9. The van der Waals surface area contributed by atoms with Gasteiger partial charge >= 0.3 is 0 Å². The number of likely N-dealkylation sites (N-methyl/N-ethyl adjacent to an activating group) is 2. The first-order valence-electron chi connectivity index (χ1n) is 20.6. The van der Waals surface area contributed by atoms with Gasteiger partial charge in [0.05, 0.1) is 22.8 Å². The maximum Gasteiger partial charge on any atom is 0.247 e. The van der Waals surface area contributed by atoms with Gasteiger partial charge in [-0.2, -0.15) is 0 Å². The molecule has 4 heterocycles. The Labute approximate surface area is 380 Å². The van der Waals surface area contributed by atoms with E-state index < -0.39 is 47.1 Å². The normalized spacial score (nSPS) is 26.2. The van der Waals surface area contributed by atoms with E-state index >= 15 is 0 Å². The number of carbonyl (C=O) groups excluding carboxylic acids is 6. The van der Waals surface area contributed by atoms with Crippen LogP contribution in [-0.2, 0) is 35.2 Å². The second-order valence-electron chi connectivity index (χ2n) is 17.6. The second-order valence-corrected chi connectivity index (χ2v) is 20.2. The third-order valence-corrected chi connectivity index (χ3v) is 14.7. The van der Waals surface area contributed by atoms with E-state index in [1.807, 2.05) is 76.2 Å². The highest BCUT2D eigenvalue weighted by Gasteiger charge is 2.56. The molecule has 14 nitrogen and oxygen atoms in total. The lowest BCUT2D eigenvalue weighted by molar-refractivity contribution is -0.142. The van der Waals surface area contributed by atoms with Crippen LogP contribution >= 0.6 is 48.3 Å². The minimum Gasteiger partial charge on any atom is -0.343 e. The monoisotopic (exact) mass is 920 g/mol. The van der Waals surface area contributed by atoms with Crippen LogP contribution in [0.1, 0.15) is 78.4 Å². The van der Waals surface area contributed by atoms with E-state index in [1.54, 1.807) is 61.3 Å². The number of amides is 6. The summed E-state index contributed by atoms with van der Waals surface area (Å²) in [6.07, 6.45) is 2.98. The Morgan fingerprint density at radius 1 is 0.639 bits per heavy atom. The Bertz CT molecular complexity index is 1790. The summed E-state index contributed by atoms with van der Waals surface area (Å²) in [6, 6.07) is 11.6. The lowest BCUT2D eigenvalue weighted by atomic mass is 9.84. The van der Waals surface area contributed by atoms with Gasteiger partial charge < -0.3 is 41.7 Å². The molecule has 6 amide bonds. The van der Waals surface area contributed by atoms with Crippen molar-refractivity contribution in [2.24, 2.45) is 10.8 Å².